The summed E-state index contributed by atoms with van der Waals surface area (Å²) in [6.07, 6.45) is 7.80. The molecule has 3 heteroatoms. The van der Waals surface area contributed by atoms with Crippen LogP contribution in [0.5, 0.6) is 0 Å². The van der Waals surface area contributed by atoms with Gasteiger partial charge in [0.15, 0.2) is 0 Å². The van der Waals surface area contributed by atoms with E-state index >= 15 is 0 Å². The summed E-state index contributed by atoms with van der Waals surface area (Å²) in [5, 5.41) is 3.63. The summed E-state index contributed by atoms with van der Waals surface area (Å²) >= 11 is 0. The predicted octanol–water partition coefficient (Wildman–Crippen LogP) is 3.24. The first-order valence-corrected chi connectivity index (χ1v) is 6.51. The Balaban J connectivity index is 2.39. The van der Waals surface area contributed by atoms with Gasteiger partial charge in [0.05, 0.1) is 6.20 Å². The number of halogens is 1. The van der Waals surface area contributed by atoms with E-state index in [-0.39, 0.29) is 11.4 Å². The second-order valence-electron chi connectivity index (χ2n) is 5.26. The summed E-state index contributed by atoms with van der Waals surface area (Å²) in [4.78, 5) is 4.00. The third-order valence-corrected chi connectivity index (χ3v) is 3.89. The minimum absolute atomic E-state index is 0.106. The Morgan fingerprint density at radius 1 is 1.29 bits per heavy atom. The maximum atomic E-state index is 13.4. The molecule has 17 heavy (non-hydrogen) atoms. The van der Waals surface area contributed by atoms with Crippen molar-refractivity contribution >= 4 is 0 Å². The molecule has 1 aliphatic rings. The van der Waals surface area contributed by atoms with Crippen LogP contribution in [0, 0.1) is 11.7 Å². The molecule has 0 radical (unpaired) electrons. The Bertz CT molecular complexity index is 368. The molecule has 1 unspecified atom stereocenters. The highest BCUT2D eigenvalue weighted by atomic mass is 19.1. The molecule has 1 saturated heterocycles. The van der Waals surface area contributed by atoms with Crippen LogP contribution in [0.15, 0.2) is 18.5 Å². The van der Waals surface area contributed by atoms with Crippen molar-refractivity contribution in [3.05, 3.63) is 29.8 Å². The van der Waals surface area contributed by atoms with Crippen molar-refractivity contribution in [3.63, 3.8) is 0 Å². The van der Waals surface area contributed by atoms with Crippen LogP contribution in [0.3, 0.4) is 0 Å². The molecule has 1 aliphatic heterocycles. The molecule has 0 amide bonds. The molecule has 0 spiro atoms. The average molecular weight is 236 g/mol. The Hall–Kier alpha value is -0.960. The fraction of sp³-hybridized carbons (Fsp3) is 0.643. The molecular weight excluding hydrogens is 215 g/mol. The van der Waals surface area contributed by atoms with Gasteiger partial charge in [-0.15, -0.1) is 0 Å². The Morgan fingerprint density at radius 2 is 2.12 bits per heavy atom. The molecule has 94 valence electrons. The van der Waals surface area contributed by atoms with E-state index in [0.29, 0.717) is 5.92 Å². The van der Waals surface area contributed by atoms with E-state index in [1.54, 1.807) is 12.3 Å². The Morgan fingerprint density at radius 3 is 2.82 bits per heavy atom. The lowest BCUT2D eigenvalue weighted by Gasteiger charge is -2.38. The normalized spacial score (nSPS) is 25.9. The van der Waals surface area contributed by atoms with Crippen molar-refractivity contribution in [1.29, 1.82) is 0 Å². The first-order valence-electron chi connectivity index (χ1n) is 6.51. The lowest BCUT2D eigenvalue weighted by molar-refractivity contribution is 0.229. The van der Waals surface area contributed by atoms with E-state index in [9.17, 15) is 4.39 Å². The highest BCUT2D eigenvalue weighted by Crippen LogP contribution is 2.36. The Kier molecular flexibility index (Phi) is 3.77. The number of nitrogens with zero attached hydrogens (tertiary/aromatic N) is 1. The van der Waals surface area contributed by atoms with Gasteiger partial charge in [-0.05, 0) is 36.9 Å². The molecule has 0 aromatic carbocycles. The van der Waals surface area contributed by atoms with Crippen LogP contribution in [0.25, 0.3) is 0 Å². The van der Waals surface area contributed by atoms with Gasteiger partial charge < -0.3 is 5.32 Å². The van der Waals surface area contributed by atoms with Gasteiger partial charge in [-0.3, -0.25) is 4.98 Å². The van der Waals surface area contributed by atoms with Gasteiger partial charge in [0.2, 0.25) is 0 Å². The fourth-order valence-corrected chi connectivity index (χ4v) is 2.83. The number of hydrogen-bond donors (Lipinski definition) is 1. The number of rotatable bonds is 2. The highest BCUT2D eigenvalue weighted by molar-refractivity contribution is 5.23. The predicted molar refractivity (Wildman–Crippen MR) is 67.2 cm³/mol. The third kappa shape index (κ3) is 2.49. The van der Waals surface area contributed by atoms with E-state index in [0.717, 1.165) is 18.5 Å². The fourth-order valence-electron chi connectivity index (χ4n) is 2.83. The molecule has 0 saturated carbocycles. The second kappa shape index (κ2) is 5.13. The van der Waals surface area contributed by atoms with E-state index in [1.807, 2.05) is 0 Å². The van der Waals surface area contributed by atoms with Crippen molar-refractivity contribution in [3.8, 4) is 0 Å². The van der Waals surface area contributed by atoms with E-state index in [2.05, 4.69) is 24.1 Å². The van der Waals surface area contributed by atoms with Gasteiger partial charge in [-0.1, -0.05) is 26.7 Å². The Labute approximate surface area is 103 Å². The maximum absolute atomic E-state index is 13.4. The van der Waals surface area contributed by atoms with Crippen molar-refractivity contribution in [1.82, 2.24) is 10.3 Å². The van der Waals surface area contributed by atoms with Crippen molar-refractivity contribution in [2.24, 2.45) is 5.92 Å². The topological polar surface area (TPSA) is 24.9 Å². The first-order chi connectivity index (χ1) is 8.15. The third-order valence-electron chi connectivity index (χ3n) is 3.89. The molecule has 2 rings (SSSR count). The molecular formula is C14H21FN2. The molecule has 1 aromatic heterocycles. The van der Waals surface area contributed by atoms with Crippen LogP contribution >= 0.6 is 0 Å². The zero-order valence-electron chi connectivity index (χ0n) is 10.7. The van der Waals surface area contributed by atoms with Crippen molar-refractivity contribution < 1.29 is 4.39 Å². The maximum Gasteiger partial charge on any atom is 0.141 e. The highest BCUT2D eigenvalue weighted by Gasteiger charge is 2.36. The number of aromatic nitrogens is 1. The van der Waals surface area contributed by atoms with E-state index < -0.39 is 0 Å². The summed E-state index contributed by atoms with van der Waals surface area (Å²) in [7, 11) is 0. The molecule has 0 aliphatic carbocycles. The smallest absolute Gasteiger partial charge is 0.141 e. The molecule has 2 nitrogen and oxygen atoms in total. The molecule has 1 aromatic rings. The summed E-state index contributed by atoms with van der Waals surface area (Å²) < 4.78 is 13.4. The van der Waals surface area contributed by atoms with Crippen LogP contribution < -0.4 is 5.32 Å². The lowest BCUT2D eigenvalue weighted by atomic mass is 9.77. The number of nitrogens with one attached hydrogen (secondary N) is 1. The van der Waals surface area contributed by atoms with E-state index in [4.69, 9.17) is 0 Å². The quantitative estimate of drug-likeness (QED) is 0.852. The standard InChI is InChI=1S/C14H21FN2/c1-11(2)14(6-4-3-5-7-17-14)12-8-13(15)10-16-9-12/h8-11,17H,3-7H2,1-2H3. The molecule has 1 N–H and O–H groups in total. The summed E-state index contributed by atoms with van der Waals surface area (Å²) in [5.41, 5.74) is 0.889. The molecule has 2 heterocycles. The van der Waals surface area contributed by atoms with Crippen molar-refractivity contribution in [2.45, 2.75) is 45.1 Å². The van der Waals surface area contributed by atoms with Crippen LogP contribution in [0.1, 0.15) is 45.1 Å². The van der Waals surface area contributed by atoms with Crippen LogP contribution in [-0.4, -0.2) is 11.5 Å². The van der Waals surface area contributed by atoms with Crippen molar-refractivity contribution in [2.75, 3.05) is 6.54 Å². The number of pyridine rings is 1. The molecule has 1 atom stereocenters. The van der Waals surface area contributed by atoms with Gasteiger partial charge >= 0.3 is 0 Å². The SMILES string of the molecule is CC(C)C1(c2cncc(F)c2)CCCCCN1. The summed E-state index contributed by atoms with van der Waals surface area (Å²) in [5.74, 6) is 0.192. The van der Waals surface area contributed by atoms with E-state index in [1.165, 1.54) is 25.5 Å². The van der Waals surface area contributed by atoms with Crippen LogP contribution in [-0.2, 0) is 5.54 Å². The van der Waals surface area contributed by atoms with Gasteiger partial charge in [0.1, 0.15) is 5.82 Å². The zero-order chi connectivity index (χ0) is 12.3. The minimum atomic E-state index is -0.242. The van der Waals surface area contributed by atoms with Gasteiger partial charge in [-0.25, -0.2) is 4.39 Å². The first kappa shape index (κ1) is 12.5. The minimum Gasteiger partial charge on any atom is -0.307 e. The monoisotopic (exact) mass is 236 g/mol. The van der Waals surface area contributed by atoms with Crippen LogP contribution in [0.2, 0.25) is 0 Å². The molecule has 1 fully saturated rings. The lowest BCUT2D eigenvalue weighted by Crippen LogP contribution is -2.46. The summed E-state index contributed by atoms with van der Waals surface area (Å²) in [6.45, 7) is 5.40. The largest absolute Gasteiger partial charge is 0.307 e. The van der Waals surface area contributed by atoms with Gasteiger partial charge in [-0.2, -0.15) is 0 Å². The van der Waals surface area contributed by atoms with Gasteiger partial charge in [0, 0.05) is 11.7 Å². The number of hydrogen-bond acceptors (Lipinski definition) is 2. The second-order valence-corrected chi connectivity index (χ2v) is 5.26. The average Bonchev–Trinajstić information content (AvgIpc) is 2.55. The van der Waals surface area contributed by atoms with Gasteiger partial charge in [0.25, 0.3) is 0 Å². The van der Waals surface area contributed by atoms with Crippen LogP contribution in [0.4, 0.5) is 4.39 Å². The molecule has 0 bridgehead atoms. The zero-order valence-corrected chi connectivity index (χ0v) is 10.7. The summed E-state index contributed by atoms with van der Waals surface area (Å²) in [6, 6.07) is 1.63.